The molecular weight excluding hydrogens is 246 g/mol. The van der Waals surface area contributed by atoms with Gasteiger partial charge in [-0.3, -0.25) is 4.98 Å². The Kier molecular flexibility index (Phi) is 4.41. The second kappa shape index (κ2) is 5.90. The fourth-order valence-electron chi connectivity index (χ4n) is 2.70. The Morgan fingerprint density at radius 2 is 1.95 bits per heavy atom. The molecule has 0 fully saturated rings. The molecule has 3 nitrogen and oxygen atoms in total. The summed E-state index contributed by atoms with van der Waals surface area (Å²) in [6.45, 7) is 4.44. The molecule has 2 aromatic rings. The van der Waals surface area contributed by atoms with Crippen LogP contribution in [0.4, 0.5) is 0 Å². The second-order valence-corrected chi connectivity index (χ2v) is 5.90. The lowest BCUT2D eigenvalue weighted by Crippen LogP contribution is -2.55. The number of likely N-dealkylation sites (N-methyl/N-ethyl adjacent to an activating group) is 1. The van der Waals surface area contributed by atoms with Crippen LogP contribution in [0.25, 0.3) is 10.9 Å². The molecule has 1 aromatic carbocycles. The Morgan fingerprint density at radius 3 is 2.60 bits per heavy atom. The van der Waals surface area contributed by atoms with Crippen LogP contribution in [0.1, 0.15) is 25.8 Å². The topological polar surface area (TPSA) is 42.1 Å². The van der Waals surface area contributed by atoms with Crippen LogP contribution >= 0.6 is 0 Å². The number of hydrogen-bond donors (Lipinski definition) is 1. The highest BCUT2D eigenvalue weighted by atomic mass is 15.2. The van der Waals surface area contributed by atoms with Gasteiger partial charge in [-0.15, -0.1) is 0 Å². The van der Waals surface area contributed by atoms with Gasteiger partial charge in [-0.2, -0.15) is 0 Å². The zero-order valence-corrected chi connectivity index (χ0v) is 12.9. The van der Waals surface area contributed by atoms with Crippen molar-refractivity contribution in [1.29, 1.82) is 0 Å². The minimum Gasteiger partial charge on any atom is -0.326 e. The second-order valence-electron chi connectivity index (χ2n) is 5.90. The predicted molar refractivity (Wildman–Crippen MR) is 85.8 cm³/mol. The Morgan fingerprint density at radius 1 is 1.25 bits per heavy atom. The third kappa shape index (κ3) is 2.69. The summed E-state index contributed by atoms with van der Waals surface area (Å²) in [5, 5.41) is 1.21. The van der Waals surface area contributed by atoms with Gasteiger partial charge in [0.15, 0.2) is 0 Å². The average Bonchev–Trinajstić information content (AvgIpc) is 2.46. The van der Waals surface area contributed by atoms with Gasteiger partial charge in [-0.05, 0) is 51.6 Å². The molecule has 2 N–H and O–H groups in total. The number of benzene rings is 1. The van der Waals surface area contributed by atoms with E-state index in [0.717, 1.165) is 18.4 Å². The molecule has 2 atom stereocenters. The number of nitrogens with two attached hydrogens (primary N) is 1. The number of aromatic nitrogens is 1. The summed E-state index contributed by atoms with van der Waals surface area (Å²) in [6, 6.07) is 10.4. The van der Waals surface area contributed by atoms with Crippen LogP contribution in [0, 0.1) is 0 Å². The Labute approximate surface area is 121 Å². The molecule has 0 aliphatic rings. The fraction of sp³-hybridized carbons (Fsp3) is 0.471. The molecule has 0 aliphatic carbocycles. The normalized spacial score (nSPS) is 16.3. The maximum absolute atomic E-state index is 6.52. The third-order valence-corrected chi connectivity index (χ3v) is 4.72. The van der Waals surface area contributed by atoms with E-state index in [1.54, 1.807) is 0 Å². The minimum absolute atomic E-state index is 0.00434. The highest BCUT2D eigenvalue weighted by Crippen LogP contribution is 2.25. The van der Waals surface area contributed by atoms with Crippen molar-refractivity contribution in [3.8, 4) is 0 Å². The Hall–Kier alpha value is -1.45. The van der Waals surface area contributed by atoms with E-state index >= 15 is 0 Å². The number of hydrogen-bond acceptors (Lipinski definition) is 3. The van der Waals surface area contributed by atoms with E-state index < -0.39 is 0 Å². The molecule has 0 bridgehead atoms. The molecule has 2 rings (SSSR count). The largest absolute Gasteiger partial charge is 0.326 e. The molecule has 108 valence electrons. The molecule has 3 heteroatoms. The van der Waals surface area contributed by atoms with Crippen LogP contribution in [-0.2, 0) is 6.42 Å². The molecular formula is C17H25N3. The fourth-order valence-corrected chi connectivity index (χ4v) is 2.70. The molecule has 0 saturated heterocycles. The first-order chi connectivity index (χ1) is 9.49. The SMILES string of the molecule is CCC(C)(C(N)Cc1ccnc2ccccc12)N(C)C. The van der Waals surface area contributed by atoms with Crippen molar-refractivity contribution in [2.75, 3.05) is 14.1 Å². The molecule has 0 saturated carbocycles. The highest BCUT2D eigenvalue weighted by molar-refractivity contribution is 5.81. The lowest BCUT2D eigenvalue weighted by atomic mass is 9.84. The number of fused-ring (bicyclic) bond motifs is 1. The van der Waals surface area contributed by atoms with E-state index in [9.17, 15) is 0 Å². The van der Waals surface area contributed by atoms with Gasteiger partial charge in [-0.25, -0.2) is 0 Å². The zero-order chi connectivity index (χ0) is 14.8. The number of rotatable bonds is 5. The lowest BCUT2D eigenvalue weighted by molar-refractivity contribution is 0.131. The number of pyridine rings is 1. The third-order valence-electron chi connectivity index (χ3n) is 4.72. The molecule has 2 unspecified atom stereocenters. The van der Waals surface area contributed by atoms with Crippen LogP contribution in [0.2, 0.25) is 0 Å². The van der Waals surface area contributed by atoms with Gasteiger partial charge in [0.05, 0.1) is 5.52 Å². The summed E-state index contributed by atoms with van der Waals surface area (Å²) < 4.78 is 0. The highest BCUT2D eigenvalue weighted by Gasteiger charge is 2.32. The zero-order valence-electron chi connectivity index (χ0n) is 12.9. The Balaban J connectivity index is 2.32. The summed E-state index contributed by atoms with van der Waals surface area (Å²) in [4.78, 5) is 6.65. The standard InChI is InChI=1S/C17H25N3/c1-5-17(2,20(3)4)16(18)12-13-10-11-19-15-9-7-6-8-14(13)15/h6-11,16H,5,12,18H2,1-4H3. The maximum atomic E-state index is 6.52. The van der Waals surface area contributed by atoms with Gasteiger partial charge in [0, 0.05) is 23.2 Å². The van der Waals surface area contributed by atoms with Crippen molar-refractivity contribution >= 4 is 10.9 Å². The number of nitrogens with zero attached hydrogens (tertiary/aromatic N) is 2. The molecule has 0 aliphatic heterocycles. The molecule has 1 heterocycles. The summed E-state index contributed by atoms with van der Waals surface area (Å²) in [7, 11) is 4.21. The molecule has 1 aromatic heterocycles. The van der Waals surface area contributed by atoms with Crippen molar-refractivity contribution in [2.45, 2.75) is 38.3 Å². The van der Waals surface area contributed by atoms with Gasteiger partial charge < -0.3 is 10.6 Å². The van der Waals surface area contributed by atoms with Crippen LogP contribution in [0.15, 0.2) is 36.5 Å². The van der Waals surface area contributed by atoms with E-state index in [1.165, 1.54) is 10.9 Å². The first-order valence-electron chi connectivity index (χ1n) is 7.24. The lowest BCUT2D eigenvalue weighted by Gasteiger charge is -2.41. The summed E-state index contributed by atoms with van der Waals surface area (Å²) >= 11 is 0. The molecule has 20 heavy (non-hydrogen) atoms. The monoisotopic (exact) mass is 271 g/mol. The van der Waals surface area contributed by atoms with E-state index in [4.69, 9.17) is 5.73 Å². The predicted octanol–water partition coefficient (Wildman–Crippen LogP) is 2.83. The maximum Gasteiger partial charge on any atom is 0.0704 e. The van der Waals surface area contributed by atoms with Crippen LogP contribution in [0.3, 0.4) is 0 Å². The van der Waals surface area contributed by atoms with Crippen molar-refractivity contribution in [1.82, 2.24) is 9.88 Å². The van der Waals surface area contributed by atoms with Gasteiger partial charge in [0.1, 0.15) is 0 Å². The van der Waals surface area contributed by atoms with Crippen molar-refractivity contribution in [3.63, 3.8) is 0 Å². The summed E-state index contributed by atoms with van der Waals surface area (Å²) in [5.74, 6) is 0. The van der Waals surface area contributed by atoms with E-state index in [0.29, 0.717) is 0 Å². The Bertz CT molecular complexity index is 574. The number of para-hydroxylation sites is 1. The van der Waals surface area contributed by atoms with Crippen LogP contribution in [-0.4, -0.2) is 35.6 Å². The quantitative estimate of drug-likeness (QED) is 0.909. The van der Waals surface area contributed by atoms with Crippen LogP contribution in [0.5, 0.6) is 0 Å². The average molecular weight is 271 g/mol. The van der Waals surface area contributed by atoms with Crippen molar-refractivity contribution < 1.29 is 0 Å². The first-order valence-corrected chi connectivity index (χ1v) is 7.24. The van der Waals surface area contributed by atoms with E-state index in [2.05, 4.69) is 62.1 Å². The smallest absolute Gasteiger partial charge is 0.0704 e. The van der Waals surface area contributed by atoms with Gasteiger partial charge in [0.25, 0.3) is 0 Å². The van der Waals surface area contributed by atoms with Gasteiger partial charge in [-0.1, -0.05) is 25.1 Å². The molecule has 0 radical (unpaired) electrons. The van der Waals surface area contributed by atoms with Gasteiger partial charge in [0.2, 0.25) is 0 Å². The van der Waals surface area contributed by atoms with E-state index in [-0.39, 0.29) is 11.6 Å². The van der Waals surface area contributed by atoms with Crippen molar-refractivity contribution in [2.24, 2.45) is 5.73 Å². The van der Waals surface area contributed by atoms with Gasteiger partial charge >= 0.3 is 0 Å². The minimum atomic E-state index is 0.00434. The first kappa shape index (κ1) is 14.9. The molecule has 0 amide bonds. The van der Waals surface area contributed by atoms with Crippen molar-refractivity contribution in [3.05, 3.63) is 42.1 Å². The van der Waals surface area contributed by atoms with Crippen LogP contribution < -0.4 is 5.73 Å². The summed E-state index contributed by atoms with van der Waals surface area (Å²) in [5.41, 5.74) is 8.85. The molecule has 0 spiro atoms. The van der Waals surface area contributed by atoms with E-state index in [1.807, 2.05) is 12.3 Å². The summed E-state index contributed by atoms with van der Waals surface area (Å²) in [6.07, 6.45) is 3.78.